The van der Waals surface area contributed by atoms with Gasteiger partial charge in [-0.1, -0.05) is 0 Å². The molecule has 0 atom stereocenters. The second-order valence-electron chi connectivity index (χ2n) is 5.47. The molecule has 3 rings (SSSR count). The Bertz CT molecular complexity index is 672. The third-order valence-electron chi connectivity index (χ3n) is 4.03. The van der Waals surface area contributed by atoms with Crippen LogP contribution >= 0.6 is 0 Å². The fourth-order valence-corrected chi connectivity index (χ4v) is 2.84. The number of H-pyrrole nitrogens is 1. The summed E-state index contributed by atoms with van der Waals surface area (Å²) in [4.78, 5) is 32.1. The van der Waals surface area contributed by atoms with Gasteiger partial charge < -0.3 is 15.0 Å². The van der Waals surface area contributed by atoms with Crippen molar-refractivity contribution in [3.05, 3.63) is 30.1 Å². The van der Waals surface area contributed by atoms with Crippen LogP contribution in [0.5, 0.6) is 0 Å². The molecule has 0 spiro atoms. The van der Waals surface area contributed by atoms with Gasteiger partial charge in [-0.25, -0.2) is 4.98 Å². The van der Waals surface area contributed by atoms with Gasteiger partial charge in [-0.05, 0) is 37.0 Å². The number of carbonyl (C=O) groups excluding carboxylic acids is 1. The van der Waals surface area contributed by atoms with Crippen molar-refractivity contribution in [2.75, 3.05) is 13.1 Å². The molecule has 1 aliphatic heterocycles. The fourth-order valence-electron chi connectivity index (χ4n) is 2.84. The monoisotopic (exact) mass is 287 g/mol. The Morgan fingerprint density at radius 2 is 2.10 bits per heavy atom. The predicted octanol–water partition coefficient (Wildman–Crippen LogP) is 1.89. The average molecular weight is 287 g/mol. The third-order valence-corrected chi connectivity index (χ3v) is 4.03. The van der Waals surface area contributed by atoms with Crippen LogP contribution in [0, 0.1) is 5.92 Å². The average Bonchev–Trinajstić information content (AvgIpc) is 2.94. The van der Waals surface area contributed by atoms with Crippen LogP contribution in [0.25, 0.3) is 11.0 Å². The predicted molar refractivity (Wildman–Crippen MR) is 77.0 cm³/mol. The molecule has 1 amide bonds. The molecule has 2 N–H and O–H groups in total. The number of carbonyl (C=O) groups is 2. The van der Waals surface area contributed by atoms with Gasteiger partial charge in [0.15, 0.2) is 0 Å². The number of amides is 1. The van der Waals surface area contributed by atoms with Gasteiger partial charge in [0.2, 0.25) is 0 Å². The van der Waals surface area contributed by atoms with Gasteiger partial charge in [-0.2, -0.15) is 0 Å². The highest BCUT2D eigenvalue weighted by molar-refractivity contribution is 5.97. The van der Waals surface area contributed by atoms with Crippen molar-refractivity contribution in [1.82, 2.24) is 14.9 Å². The number of carboxylic acids is 1. The smallest absolute Gasteiger partial charge is 0.303 e. The van der Waals surface area contributed by atoms with Crippen molar-refractivity contribution in [3.63, 3.8) is 0 Å². The number of piperidine rings is 1. The van der Waals surface area contributed by atoms with Gasteiger partial charge in [0.25, 0.3) is 5.91 Å². The number of nitrogens with one attached hydrogen (secondary N) is 1. The van der Waals surface area contributed by atoms with Crippen LogP contribution in [0.2, 0.25) is 0 Å². The van der Waals surface area contributed by atoms with Crippen LogP contribution in [0.3, 0.4) is 0 Å². The summed E-state index contributed by atoms with van der Waals surface area (Å²) in [6.07, 6.45) is 3.31. The van der Waals surface area contributed by atoms with Crippen LogP contribution in [0.4, 0.5) is 0 Å². The van der Waals surface area contributed by atoms with Crippen LogP contribution in [0.1, 0.15) is 29.6 Å². The van der Waals surface area contributed by atoms with E-state index in [1.165, 1.54) is 0 Å². The molecule has 1 fully saturated rings. The first-order chi connectivity index (χ1) is 10.1. The van der Waals surface area contributed by atoms with E-state index in [4.69, 9.17) is 5.11 Å². The lowest BCUT2D eigenvalue weighted by Crippen LogP contribution is -2.38. The number of aromatic nitrogens is 2. The van der Waals surface area contributed by atoms with Crippen LogP contribution < -0.4 is 0 Å². The molecule has 0 bridgehead atoms. The summed E-state index contributed by atoms with van der Waals surface area (Å²) in [5.74, 6) is -0.577. The first-order valence-corrected chi connectivity index (χ1v) is 7.07. The zero-order chi connectivity index (χ0) is 14.8. The highest BCUT2D eigenvalue weighted by atomic mass is 16.4. The molecule has 21 heavy (non-hydrogen) atoms. The fraction of sp³-hybridized carbons (Fsp3) is 0.400. The maximum atomic E-state index is 12.5. The molecule has 0 saturated carbocycles. The van der Waals surface area contributed by atoms with Gasteiger partial charge >= 0.3 is 5.97 Å². The molecule has 0 unspecified atom stereocenters. The third kappa shape index (κ3) is 2.89. The van der Waals surface area contributed by atoms with Gasteiger partial charge in [-0.3, -0.25) is 9.59 Å². The van der Waals surface area contributed by atoms with E-state index < -0.39 is 5.97 Å². The van der Waals surface area contributed by atoms with E-state index in [0.29, 0.717) is 18.7 Å². The normalized spacial score (nSPS) is 16.3. The lowest BCUT2D eigenvalue weighted by atomic mass is 9.93. The van der Waals surface area contributed by atoms with Gasteiger partial charge in [0.05, 0.1) is 17.4 Å². The number of likely N-dealkylation sites (tertiary alicyclic amines) is 1. The summed E-state index contributed by atoms with van der Waals surface area (Å²) in [6, 6.07) is 5.43. The summed E-state index contributed by atoms with van der Waals surface area (Å²) < 4.78 is 0. The first-order valence-electron chi connectivity index (χ1n) is 7.07. The minimum absolute atomic E-state index is 0.000255. The Morgan fingerprint density at radius 1 is 1.33 bits per heavy atom. The molecule has 6 nitrogen and oxygen atoms in total. The number of aromatic amines is 1. The summed E-state index contributed by atoms with van der Waals surface area (Å²) in [5.41, 5.74) is 2.33. The summed E-state index contributed by atoms with van der Waals surface area (Å²) in [5, 5.41) is 8.81. The SMILES string of the molecule is O=C(O)CC1CCN(C(=O)c2ccc3nc[nH]c3c2)CC1. The number of benzene rings is 1. The standard InChI is InChI=1S/C15H17N3O3/c19-14(20)7-10-3-5-18(6-4-10)15(21)11-1-2-12-13(8-11)17-9-16-12/h1-2,8-10H,3-7H2,(H,16,17)(H,19,20). The van der Waals surface area contributed by atoms with E-state index >= 15 is 0 Å². The Balaban J connectivity index is 1.67. The molecule has 0 aliphatic carbocycles. The summed E-state index contributed by atoms with van der Waals surface area (Å²) >= 11 is 0. The van der Waals surface area contributed by atoms with E-state index in [0.717, 1.165) is 23.9 Å². The number of carboxylic acid groups (broad SMARTS) is 1. The lowest BCUT2D eigenvalue weighted by molar-refractivity contribution is -0.138. The Hall–Kier alpha value is -2.37. The number of rotatable bonds is 3. The molecule has 1 aromatic heterocycles. The van der Waals surface area contributed by atoms with Crippen LogP contribution in [-0.2, 0) is 4.79 Å². The molecular weight excluding hydrogens is 270 g/mol. The van der Waals surface area contributed by atoms with Crippen LogP contribution in [0.15, 0.2) is 24.5 Å². The molecular formula is C15H17N3O3. The maximum absolute atomic E-state index is 12.5. The lowest BCUT2D eigenvalue weighted by Gasteiger charge is -2.31. The first kappa shape index (κ1) is 13.6. The number of imidazole rings is 1. The second kappa shape index (κ2) is 5.55. The minimum atomic E-state index is -0.760. The van der Waals surface area contributed by atoms with Crippen molar-refractivity contribution >= 4 is 22.9 Å². The van der Waals surface area contributed by atoms with Crippen molar-refractivity contribution in [3.8, 4) is 0 Å². The second-order valence-corrected chi connectivity index (χ2v) is 5.47. The zero-order valence-corrected chi connectivity index (χ0v) is 11.6. The highest BCUT2D eigenvalue weighted by Crippen LogP contribution is 2.22. The molecule has 1 saturated heterocycles. The Morgan fingerprint density at radius 3 is 2.81 bits per heavy atom. The van der Waals surface area contributed by atoms with Gasteiger partial charge in [0.1, 0.15) is 0 Å². The maximum Gasteiger partial charge on any atom is 0.303 e. The topological polar surface area (TPSA) is 86.3 Å². The molecule has 6 heteroatoms. The highest BCUT2D eigenvalue weighted by Gasteiger charge is 2.25. The van der Waals surface area contributed by atoms with Crippen molar-refractivity contribution < 1.29 is 14.7 Å². The number of hydrogen-bond acceptors (Lipinski definition) is 3. The van der Waals surface area contributed by atoms with E-state index in [-0.39, 0.29) is 18.2 Å². The molecule has 2 aromatic rings. The molecule has 1 aliphatic rings. The summed E-state index contributed by atoms with van der Waals surface area (Å²) in [6.45, 7) is 1.25. The van der Waals surface area contributed by atoms with Crippen molar-refractivity contribution in [2.24, 2.45) is 5.92 Å². The number of hydrogen-bond donors (Lipinski definition) is 2. The Labute approximate surface area is 121 Å². The van der Waals surface area contributed by atoms with Crippen molar-refractivity contribution in [2.45, 2.75) is 19.3 Å². The number of fused-ring (bicyclic) bond motifs is 1. The minimum Gasteiger partial charge on any atom is -0.481 e. The molecule has 1 aromatic carbocycles. The molecule has 2 heterocycles. The number of nitrogens with zero attached hydrogens (tertiary/aromatic N) is 2. The van der Waals surface area contributed by atoms with Gasteiger partial charge in [0, 0.05) is 25.1 Å². The molecule has 0 radical (unpaired) electrons. The molecule has 110 valence electrons. The van der Waals surface area contributed by atoms with Gasteiger partial charge in [-0.15, -0.1) is 0 Å². The number of aliphatic carboxylic acids is 1. The summed E-state index contributed by atoms with van der Waals surface area (Å²) in [7, 11) is 0. The van der Waals surface area contributed by atoms with E-state index in [1.54, 1.807) is 17.3 Å². The van der Waals surface area contributed by atoms with Crippen LogP contribution in [-0.4, -0.2) is 44.9 Å². The largest absolute Gasteiger partial charge is 0.481 e. The van der Waals surface area contributed by atoms with E-state index in [2.05, 4.69) is 9.97 Å². The zero-order valence-electron chi connectivity index (χ0n) is 11.6. The van der Waals surface area contributed by atoms with Crippen molar-refractivity contribution in [1.29, 1.82) is 0 Å². The quantitative estimate of drug-likeness (QED) is 0.902. The van der Waals surface area contributed by atoms with E-state index in [1.807, 2.05) is 12.1 Å². The Kier molecular flexibility index (Phi) is 3.60. The van der Waals surface area contributed by atoms with E-state index in [9.17, 15) is 9.59 Å².